The molecule has 0 unspecified atom stereocenters. The number of anilines is 1. The highest BCUT2D eigenvalue weighted by Gasteiger charge is 2.34. The zero-order chi connectivity index (χ0) is 24.1. The fourth-order valence-corrected chi connectivity index (χ4v) is 4.74. The van der Waals surface area contributed by atoms with Gasteiger partial charge in [0.05, 0.1) is 12.1 Å². The van der Waals surface area contributed by atoms with E-state index in [2.05, 4.69) is 15.6 Å². The van der Waals surface area contributed by atoms with Crippen LogP contribution in [0.25, 0.3) is 11.0 Å². The van der Waals surface area contributed by atoms with Gasteiger partial charge in [-0.1, -0.05) is 41.1 Å². The fraction of sp³-hybridized carbons (Fsp3) is 0.280. The number of hydrogen-bond acceptors (Lipinski definition) is 6. The second-order valence-electron chi connectivity index (χ2n) is 7.99. The number of nitrogens with one attached hydrogen (secondary N) is 1. The fourth-order valence-electron chi connectivity index (χ4n) is 3.93. The number of hydrogen-bond donors (Lipinski definition) is 1. The molecule has 0 bridgehead atoms. The number of para-hydroxylation sites is 1. The number of aromatic nitrogens is 3. The van der Waals surface area contributed by atoms with Crippen molar-refractivity contribution in [3.05, 3.63) is 76.0 Å². The Morgan fingerprint density at radius 3 is 2.71 bits per heavy atom. The second kappa shape index (κ2) is 10.6. The van der Waals surface area contributed by atoms with Gasteiger partial charge in [-0.2, -0.15) is 0 Å². The predicted molar refractivity (Wildman–Crippen MR) is 133 cm³/mol. The van der Waals surface area contributed by atoms with Gasteiger partial charge in [0, 0.05) is 24.2 Å². The topological polar surface area (TPSA) is 89.4 Å². The van der Waals surface area contributed by atoms with Crippen molar-refractivity contribution in [2.24, 2.45) is 0 Å². The summed E-state index contributed by atoms with van der Waals surface area (Å²) in [4.78, 5) is 29.7. The van der Waals surface area contributed by atoms with E-state index in [1.807, 2.05) is 73.8 Å². The van der Waals surface area contributed by atoms with Crippen LogP contribution in [-0.2, 0) is 20.9 Å². The molecule has 4 rings (SSSR count). The number of amides is 2. The third-order valence-electron chi connectivity index (χ3n) is 5.51. The van der Waals surface area contributed by atoms with Gasteiger partial charge >= 0.3 is 0 Å². The van der Waals surface area contributed by atoms with E-state index in [9.17, 15) is 9.59 Å². The molecule has 0 aliphatic rings. The van der Waals surface area contributed by atoms with Crippen LogP contribution in [0.15, 0.2) is 60.0 Å². The van der Waals surface area contributed by atoms with Crippen LogP contribution >= 0.6 is 11.3 Å². The molecule has 2 heterocycles. The minimum Gasteiger partial charge on any atom is -0.383 e. The third-order valence-corrected chi connectivity index (χ3v) is 6.44. The minimum absolute atomic E-state index is 0.0545. The zero-order valence-corrected chi connectivity index (χ0v) is 20.2. The Morgan fingerprint density at radius 1 is 1.15 bits per heavy atom. The lowest BCUT2D eigenvalue weighted by Gasteiger charge is -2.32. The second-order valence-corrected chi connectivity index (χ2v) is 8.97. The van der Waals surface area contributed by atoms with Crippen LogP contribution in [-0.4, -0.2) is 47.1 Å². The summed E-state index contributed by atoms with van der Waals surface area (Å²) in [7, 11) is 1.58. The maximum absolute atomic E-state index is 13.9. The molecular formula is C25H27N5O3S. The molecule has 9 heteroatoms. The lowest BCUT2D eigenvalue weighted by Crippen LogP contribution is -2.46. The van der Waals surface area contributed by atoms with Gasteiger partial charge in [-0.05, 0) is 49.1 Å². The van der Waals surface area contributed by atoms with Crippen LogP contribution in [0.1, 0.15) is 22.0 Å². The van der Waals surface area contributed by atoms with Gasteiger partial charge < -0.3 is 10.1 Å². The van der Waals surface area contributed by atoms with Gasteiger partial charge in [-0.15, -0.1) is 16.4 Å². The molecule has 0 fully saturated rings. The molecule has 0 aliphatic carbocycles. The van der Waals surface area contributed by atoms with Crippen molar-refractivity contribution in [2.75, 3.05) is 25.2 Å². The molecule has 0 spiro atoms. The lowest BCUT2D eigenvalue weighted by atomic mass is 10.1. The van der Waals surface area contributed by atoms with E-state index in [-0.39, 0.29) is 18.4 Å². The van der Waals surface area contributed by atoms with Crippen LogP contribution < -0.4 is 10.2 Å². The van der Waals surface area contributed by atoms with E-state index in [1.54, 1.807) is 16.7 Å². The molecule has 2 amide bonds. The lowest BCUT2D eigenvalue weighted by molar-refractivity contribution is -0.127. The highest BCUT2D eigenvalue weighted by atomic mass is 32.1. The Balaban J connectivity index is 1.77. The van der Waals surface area contributed by atoms with E-state index < -0.39 is 6.04 Å². The van der Waals surface area contributed by atoms with Crippen LogP contribution in [0.4, 0.5) is 5.69 Å². The van der Waals surface area contributed by atoms with E-state index >= 15 is 0 Å². The first-order valence-corrected chi connectivity index (χ1v) is 11.8. The van der Waals surface area contributed by atoms with E-state index in [0.29, 0.717) is 24.4 Å². The van der Waals surface area contributed by atoms with Crippen molar-refractivity contribution in [3.8, 4) is 0 Å². The smallest absolute Gasteiger partial charge is 0.249 e. The first-order valence-electron chi connectivity index (χ1n) is 11.0. The van der Waals surface area contributed by atoms with Crippen molar-refractivity contribution in [3.63, 3.8) is 0 Å². The van der Waals surface area contributed by atoms with Gasteiger partial charge in [-0.3, -0.25) is 14.5 Å². The summed E-state index contributed by atoms with van der Waals surface area (Å²) < 4.78 is 6.66. The molecule has 1 atom stereocenters. The standard InChI is InChI=1S/C25H27N5O3S/c1-17-10-11-20(18(2)15-17)30(23(31)16-29-21-8-5-4-7-19(21)27-28-29)24(22-9-6-14-34-22)25(32)26-12-13-33-3/h4-11,14-15,24H,12-13,16H2,1-3H3,(H,26,32)/t24-/m0/s1. The maximum Gasteiger partial charge on any atom is 0.249 e. The number of carbonyl (C=O) groups is 2. The van der Waals surface area contributed by atoms with E-state index in [1.165, 1.54) is 11.3 Å². The van der Waals surface area contributed by atoms with Crippen LogP contribution in [0.2, 0.25) is 0 Å². The van der Waals surface area contributed by atoms with E-state index in [0.717, 1.165) is 21.5 Å². The van der Waals surface area contributed by atoms with Crippen molar-refractivity contribution < 1.29 is 14.3 Å². The summed E-state index contributed by atoms with van der Waals surface area (Å²) in [5, 5.41) is 13.2. The predicted octanol–water partition coefficient (Wildman–Crippen LogP) is 3.65. The van der Waals surface area contributed by atoms with Crippen molar-refractivity contribution in [1.82, 2.24) is 20.3 Å². The number of fused-ring (bicyclic) bond motifs is 1. The molecule has 0 radical (unpaired) electrons. The number of benzene rings is 2. The van der Waals surface area contributed by atoms with Gasteiger partial charge in [0.15, 0.2) is 0 Å². The van der Waals surface area contributed by atoms with Gasteiger partial charge in [0.25, 0.3) is 0 Å². The highest BCUT2D eigenvalue weighted by molar-refractivity contribution is 7.10. The SMILES string of the molecule is COCCNC(=O)[C@H](c1cccs1)N(C(=O)Cn1nnc2ccccc21)c1ccc(C)cc1C. The number of aryl methyl sites for hydroxylation is 2. The summed E-state index contributed by atoms with van der Waals surface area (Å²) in [5.74, 6) is -0.529. The average molecular weight is 478 g/mol. The van der Waals surface area contributed by atoms with Gasteiger partial charge in [0.1, 0.15) is 18.1 Å². The van der Waals surface area contributed by atoms with Crippen LogP contribution in [0.3, 0.4) is 0 Å². The summed E-state index contributed by atoms with van der Waals surface area (Å²) in [5.41, 5.74) is 4.13. The molecule has 0 saturated carbocycles. The Morgan fingerprint density at radius 2 is 1.97 bits per heavy atom. The summed E-state index contributed by atoms with van der Waals surface area (Å²) in [6.45, 7) is 4.62. The first-order chi connectivity index (χ1) is 16.5. The number of rotatable bonds is 9. The molecule has 2 aromatic carbocycles. The monoisotopic (exact) mass is 477 g/mol. The molecule has 0 saturated heterocycles. The average Bonchev–Trinajstić information content (AvgIpc) is 3.49. The normalized spacial score (nSPS) is 12.0. The molecule has 34 heavy (non-hydrogen) atoms. The molecule has 176 valence electrons. The maximum atomic E-state index is 13.9. The van der Waals surface area contributed by atoms with Crippen molar-refractivity contribution >= 4 is 39.9 Å². The Bertz CT molecular complexity index is 1280. The number of ether oxygens (including phenoxy) is 1. The first kappa shape index (κ1) is 23.6. The zero-order valence-electron chi connectivity index (χ0n) is 19.4. The minimum atomic E-state index is -0.833. The summed E-state index contributed by atoms with van der Waals surface area (Å²) in [6.07, 6.45) is 0. The number of carbonyl (C=O) groups excluding carboxylic acids is 2. The van der Waals surface area contributed by atoms with Gasteiger partial charge in [-0.25, -0.2) is 4.68 Å². The Kier molecular flexibility index (Phi) is 7.34. The number of nitrogens with zero attached hydrogens (tertiary/aromatic N) is 4. The summed E-state index contributed by atoms with van der Waals surface area (Å²) in [6, 6.07) is 16.3. The quantitative estimate of drug-likeness (QED) is 0.372. The molecule has 2 aromatic heterocycles. The Labute approximate surface area is 202 Å². The largest absolute Gasteiger partial charge is 0.383 e. The van der Waals surface area contributed by atoms with Crippen LogP contribution in [0, 0.1) is 13.8 Å². The Hall–Kier alpha value is -3.56. The third kappa shape index (κ3) is 5.00. The van der Waals surface area contributed by atoms with Crippen LogP contribution in [0.5, 0.6) is 0 Å². The van der Waals surface area contributed by atoms with E-state index in [4.69, 9.17) is 4.74 Å². The van der Waals surface area contributed by atoms with Gasteiger partial charge in [0.2, 0.25) is 11.8 Å². The molecule has 4 aromatic rings. The van der Waals surface area contributed by atoms with Crippen molar-refractivity contribution in [1.29, 1.82) is 0 Å². The number of thiophene rings is 1. The van der Waals surface area contributed by atoms with Crippen molar-refractivity contribution in [2.45, 2.75) is 26.4 Å². The highest BCUT2D eigenvalue weighted by Crippen LogP contribution is 2.33. The molecule has 8 nitrogen and oxygen atoms in total. The molecule has 0 aliphatic heterocycles. The number of methoxy groups -OCH3 is 1. The summed E-state index contributed by atoms with van der Waals surface area (Å²) >= 11 is 1.44. The molecular weight excluding hydrogens is 450 g/mol. The molecule has 1 N–H and O–H groups in total.